The fraction of sp³-hybridized carbons (Fsp3) is 1.00. The van der Waals surface area contributed by atoms with E-state index < -0.39 is 11.2 Å². The van der Waals surface area contributed by atoms with Gasteiger partial charge in [0.05, 0.1) is 11.8 Å². The van der Waals surface area contributed by atoms with Crippen LogP contribution in [-0.2, 0) is 0 Å². The Balaban J connectivity index is 2.59. The molecule has 0 aliphatic carbocycles. The number of piperidine rings is 1. The Morgan fingerprint density at radius 2 is 2.08 bits per heavy atom. The Morgan fingerprint density at radius 1 is 1.46 bits per heavy atom. The molecular formula is C9H17F2NS. The topological polar surface area (TPSA) is 3.24 Å². The molecule has 13 heavy (non-hydrogen) atoms. The van der Waals surface area contributed by atoms with E-state index in [1.165, 1.54) is 11.8 Å². The minimum atomic E-state index is -2.51. The molecule has 0 bridgehead atoms. The highest BCUT2D eigenvalue weighted by molar-refractivity contribution is 7.99. The van der Waals surface area contributed by atoms with Crippen LogP contribution in [0.15, 0.2) is 0 Å². The van der Waals surface area contributed by atoms with Gasteiger partial charge < -0.3 is 0 Å². The maximum atomic E-state index is 13.4. The van der Waals surface area contributed by atoms with E-state index in [1.54, 1.807) is 6.26 Å². The van der Waals surface area contributed by atoms with Crippen molar-refractivity contribution in [2.45, 2.75) is 37.5 Å². The molecule has 4 heteroatoms. The van der Waals surface area contributed by atoms with Crippen LogP contribution in [0.1, 0.15) is 20.3 Å². The zero-order chi connectivity index (χ0) is 10.1. The first-order valence-electron chi connectivity index (χ1n) is 4.62. The van der Waals surface area contributed by atoms with Gasteiger partial charge in [-0.05, 0) is 33.1 Å². The monoisotopic (exact) mass is 209 g/mol. The average Bonchev–Trinajstić information content (AvgIpc) is 2.02. The van der Waals surface area contributed by atoms with Crippen molar-refractivity contribution in [3.05, 3.63) is 0 Å². The first kappa shape index (κ1) is 11.2. The van der Waals surface area contributed by atoms with Crippen molar-refractivity contribution in [1.82, 2.24) is 4.90 Å². The van der Waals surface area contributed by atoms with Gasteiger partial charge in [-0.3, -0.25) is 4.90 Å². The molecule has 0 amide bonds. The molecule has 78 valence electrons. The van der Waals surface area contributed by atoms with Crippen LogP contribution in [0.2, 0.25) is 0 Å². The molecule has 0 spiro atoms. The second-order valence-electron chi connectivity index (χ2n) is 3.84. The van der Waals surface area contributed by atoms with Gasteiger partial charge in [-0.15, -0.1) is 0 Å². The van der Waals surface area contributed by atoms with Crippen molar-refractivity contribution >= 4 is 11.8 Å². The molecule has 1 fully saturated rings. The van der Waals surface area contributed by atoms with Gasteiger partial charge in [-0.25, -0.2) is 8.78 Å². The Hall–Kier alpha value is 0.170. The number of rotatable bonds is 2. The van der Waals surface area contributed by atoms with Crippen LogP contribution in [-0.4, -0.2) is 41.5 Å². The lowest BCUT2D eigenvalue weighted by atomic mass is 10.1. The molecule has 1 heterocycles. The molecule has 0 saturated carbocycles. The fourth-order valence-corrected chi connectivity index (χ4v) is 2.44. The predicted molar refractivity (Wildman–Crippen MR) is 53.6 cm³/mol. The lowest BCUT2D eigenvalue weighted by Crippen LogP contribution is -2.52. The Labute approximate surface area is 82.9 Å². The molecule has 0 radical (unpaired) electrons. The van der Waals surface area contributed by atoms with E-state index in [0.29, 0.717) is 6.42 Å². The minimum absolute atomic E-state index is 0.0732. The highest BCUT2D eigenvalue weighted by Gasteiger charge is 2.44. The molecule has 1 aliphatic rings. The third kappa shape index (κ3) is 2.56. The molecule has 0 aromatic rings. The molecule has 0 N–H and O–H groups in total. The van der Waals surface area contributed by atoms with Crippen LogP contribution < -0.4 is 0 Å². The van der Waals surface area contributed by atoms with E-state index in [4.69, 9.17) is 0 Å². The number of thioether (sulfide) groups is 1. The van der Waals surface area contributed by atoms with Crippen LogP contribution >= 0.6 is 11.8 Å². The molecule has 1 nitrogen and oxygen atoms in total. The summed E-state index contributed by atoms with van der Waals surface area (Å²) in [5, 5.41) is -0.484. The SMILES string of the molecule is CSC1CCN(C(C)C)CC1(F)F. The van der Waals surface area contributed by atoms with E-state index in [1.807, 2.05) is 18.7 Å². The summed E-state index contributed by atoms with van der Waals surface area (Å²) in [6.07, 6.45) is 2.37. The summed E-state index contributed by atoms with van der Waals surface area (Å²) in [7, 11) is 0. The highest BCUT2D eigenvalue weighted by Crippen LogP contribution is 2.35. The van der Waals surface area contributed by atoms with Crippen LogP contribution in [0.3, 0.4) is 0 Å². The summed E-state index contributed by atoms with van der Waals surface area (Å²) >= 11 is 1.29. The zero-order valence-electron chi connectivity index (χ0n) is 8.39. The second-order valence-corrected chi connectivity index (χ2v) is 4.88. The van der Waals surface area contributed by atoms with Gasteiger partial charge in [-0.1, -0.05) is 0 Å². The lowest BCUT2D eigenvalue weighted by molar-refractivity contribution is -0.0654. The van der Waals surface area contributed by atoms with Gasteiger partial charge in [0.15, 0.2) is 0 Å². The van der Waals surface area contributed by atoms with Crippen molar-refractivity contribution in [2.75, 3.05) is 19.3 Å². The minimum Gasteiger partial charge on any atom is -0.295 e. The van der Waals surface area contributed by atoms with E-state index in [2.05, 4.69) is 0 Å². The molecule has 1 unspecified atom stereocenters. The van der Waals surface area contributed by atoms with Crippen molar-refractivity contribution in [3.63, 3.8) is 0 Å². The van der Waals surface area contributed by atoms with Crippen LogP contribution in [0.25, 0.3) is 0 Å². The predicted octanol–water partition coefficient (Wildman–Crippen LogP) is 2.47. The van der Waals surface area contributed by atoms with E-state index in [0.717, 1.165) is 6.54 Å². The quantitative estimate of drug-likeness (QED) is 0.687. The van der Waals surface area contributed by atoms with Crippen LogP contribution in [0, 0.1) is 0 Å². The van der Waals surface area contributed by atoms with Gasteiger partial charge in [0.2, 0.25) is 0 Å². The second kappa shape index (κ2) is 4.13. The molecule has 0 aromatic heterocycles. The standard InChI is InChI=1S/C9H17F2NS/c1-7(2)12-5-4-8(13-3)9(10,11)6-12/h7-8H,4-6H2,1-3H3. The lowest BCUT2D eigenvalue weighted by Gasteiger charge is -2.39. The number of likely N-dealkylation sites (tertiary alicyclic amines) is 1. The van der Waals surface area contributed by atoms with Gasteiger partial charge in [-0.2, -0.15) is 11.8 Å². The fourth-order valence-electron chi connectivity index (χ4n) is 1.68. The molecule has 1 atom stereocenters. The summed E-state index contributed by atoms with van der Waals surface area (Å²) in [6, 6.07) is 0.230. The normalized spacial score (nSPS) is 29.5. The molecule has 0 aromatic carbocycles. The van der Waals surface area contributed by atoms with Crippen LogP contribution in [0.5, 0.6) is 0 Å². The Bertz CT molecular complexity index is 173. The van der Waals surface area contributed by atoms with Crippen molar-refractivity contribution in [1.29, 1.82) is 0 Å². The van der Waals surface area contributed by atoms with Crippen molar-refractivity contribution in [3.8, 4) is 0 Å². The summed E-state index contributed by atoms with van der Waals surface area (Å²) in [5.74, 6) is -2.51. The van der Waals surface area contributed by atoms with Crippen LogP contribution in [0.4, 0.5) is 8.78 Å². The van der Waals surface area contributed by atoms with Crippen molar-refractivity contribution < 1.29 is 8.78 Å². The molecule has 1 rings (SSSR count). The first-order valence-corrected chi connectivity index (χ1v) is 5.91. The van der Waals surface area contributed by atoms with Crippen molar-refractivity contribution in [2.24, 2.45) is 0 Å². The summed E-state index contributed by atoms with van der Waals surface area (Å²) in [5.41, 5.74) is 0. The first-order chi connectivity index (χ1) is 5.97. The van der Waals surface area contributed by atoms with Gasteiger partial charge in [0.1, 0.15) is 0 Å². The highest BCUT2D eigenvalue weighted by atomic mass is 32.2. The third-order valence-electron chi connectivity index (χ3n) is 2.58. The number of hydrogen-bond donors (Lipinski definition) is 0. The summed E-state index contributed by atoms with van der Waals surface area (Å²) in [6.45, 7) is 4.67. The van der Waals surface area contributed by atoms with Gasteiger partial charge in [0.25, 0.3) is 5.92 Å². The number of nitrogens with zero attached hydrogens (tertiary/aromatic N) is 1. The largest absolute Gasteiger partial charge is 0.295 e. The summed E-state index contributed by atoms with van der Waals surface area (Å²) < 4.78 is 26.8. The van der Waals surface area contributed by atoms with E-state index in [-0.39, 0.29) is 12.6 Å². The van der Waals surface area contributed by atoms with Gasteiger partial charge >= 0.3 is 0 Å². The maximum absolute atomic E-state index is 13.4. The smallest absolute Gasteiger partial charge is 0.272 e. The molecule has 1 saturated heterocycles. The number of alkyl halides is 2. The average molecular weight is 209 g/mol. The molecule has 1 aliphatic heterocycles. The Kier molecular flexibility index (Phi) is 3.57. The van der Waals surface area contributed by atoms with Gasteiger partial charge in [0, 0.05) is 6.04 Å². The number of halogens is 2. The van der Waals surface area contributed by atoms with E-state index >= 15 is 0 Å². The third-order valence-corrected chi connectivity index (χ3v) is 3.73. The summed E-state index contributed by atoms with van der Waals surface area (Å²) in [4.78, 5) is 1.85. The van der Waals surface area contributed by atoms with E-state index in [9.17, 15) is 8.78 Å². The maximum Gasteiger partial charge on any atom is 0.272 e. The Morgan fingerprint density at radius 3 is 2.46 bits per heavy atom. The number of hydrogen-bond acceptors (Lipinski definition) is 2. The zero-order valence-corrected chi connectivity index (χ0v) is 9.20. The molecular weight excluding hydrogens is 192 g/mol.